The lowest BCUT2D eigenvalue weighted by atomic mass is 10.1. The van der Waals surface area contributed by atoms with E-state index >= 15 is 0 Å². The lowest BCUT2D eigenvalue weighted by molar-refractivity contribution is -0.224. The van der Waals surface area contributed by atoms with Crippen molar-refractivity contribution in [3.05, 3.63) is 76.8 Å². The summed E-state index contributed by atoms with van der Waals surface area (Å²) in [4.78, 5) is 4.10. The van der Waals surface area contributed by atoms with Crippen molar-refractivity contribution in [2.45, 2.75) is 43.3 Å². The Morgan fingerprint density at radius 1 is 1.09 bits per heavy atom. The molecule has 0 bridgehead atoms. The third kappa shape index (κ3) is 6.34. The summed E-state index contributed by atoms with van der Waals surface area (Å²) in [5, 5.41) is 1.23. The van der Waals surface area contributed by atoms with Crippen molar-refractivity contribution in [2.75, 3.05) is 13.7 Å². The van der Waals surface area contributed by atoms with Gasteiger partial charge in [0, 0.05) is 28.5 Å². The summed E-state index contributed by atoms with van der Waals surface area (Å²) in [6, 6.07) is 12.7. The topological polar surface area (TPSA) is 54.7 Å². The number of benzene rings is 2. The summed E-state index contributed by atoms with van der Waals surface area (Å²) in [5.41, 5.74) is 0.396. The summed E-state index contributed by atoms with van der Waals surface area (Å²) in [6.45, 7) is 0.370. The Balaban J connectivity index is 1.43. The van der Waals surface area contributed by atoms with Crippen LogP contribution in [0, 0.1) is 0 Å². The molecule has 6 nitrogen and oxygen atoms in total. The molecule has 0 aliphatic carbocycles. The van der Waals surface area contributed by atoms with Crippen molar-refractivity contribution in [3.63, 3.8) is 0 Å². The first kappa shape index (κ1) is 24.2. The predicted molar refractivity (Wildman–Crippen MR) is 128 cm³/mol. The van der Waals surface area contributed by atoms with Gasteiger partial charge in [-0.1, -0.05) is 46.9 Å². The van der Waals surface area contributed by atoms with Crippen LogP contribution >= 0.6 is 34.8 Å². The average molecular weight is 512 g/mol. The van der Waals surface area contributed by atoms with E-state index in [1.807, 2.05) is 30.5 Å². The average Bonchev–Trinajstić information content (AvgIpc) is 3.37. The Bertz CT molecular complexity index is 1020. The molecule has 0 spiro atoms. The number of methoxy groups -OCH3 is 1. The Morgan fingerprint density at radius 2 is 1.88 bits per heavy atom. The van der Waals surface area contributed by atoms with Crippen molar-refractivity contribution in [1.82, 2.24) is 9.55 Å². The van der Waals surface area contributed by atoms with Crippen molar-refractivity contribution < 1.29 is 18.9 Å². The molecule has 4 rings (SSSR count). The molecule has 0 amide bonds. The summed E-state index contributed by atoms with van der Waals surface area (Å²) in [5.74, 6) is 1.20. The standard InChI is InChI=1S/C24H25Cl3N2O4/c1-30-21-13-18(26)9-10-20(21)31-14-19-3-2-4-22(32-19)33-23(16-5-7-17(25)8-6-16)24(27)29-12-11-28-15-29/h5-13,15,19,22-24H,2-4,14H2,1H3. The van der Waals surface area contributed by atoms with Gasteiger partial charge in [-0.15, -0.1) is 0 Å². The number of rotatable bonds is 9. The van der Waals surface area contributed by atoms with Crippen LogP contribution in [-0.4, -0.2) is 35.7 Å². The van der Waals surface area contributed by atoms with Crippen LogP contribution < -0.4 is 9.47 Å². The van der Waals surface area contributed by atoms with Crippen LogP contribution in [-0.2, 0) is 9.47 Å². The Hall–Kier alpha value is -1.96. The Labute approximate surface area is 208 Å². The minimum atomic E-state index is -0.507. The summed E-state index contributed by atoms with van der Waals surface area (Å²) in [7, 11) is 1.58. The van der Waals surface area contributed by atoms with E-state index in [2.05, 4.69) is 4.98 Å². The van der Waals surface area contributed by atoms with Gasteiger partial charge in [-0.3, -0.25) is 0 Å². The summed E-state index contributed by atoms with van der Waals surface area (Å²) < 4.78 is 25.7. The quantitative estimate of drug-likeness (QED) is 0.300. The number of nitrogens with zero attached hydrogens (tertiary/aromatic N) is 2. The first-order chi connectivity index (χ1) is 16.0. The van der Waals surface area contributed by atoms with E-state index in [9.17, 15) is 0 Å². The number of alkyl halides is 1. The molecule has 1 aromatic heterocycles. The van der Waals surface area contributed by atoms with Gasteiger partial charge in [-0.2, -0.15) is 0 Å². The maximum atomic E-state index is 6.79. The zero-order valence-electron chi connectivity index (χ0n) is 18.1. The van der Waals surface area contributed by atoms with Gasteiger partial charge in [0.15, 0.2) is 17.8 Å². The molecule has 0 N–H and O–H groups in total. The maximum absolute atomic E-state index is 6.79. The number of aromatic nitrogens is 2. The minimum Gasteiger partial charge on any atom is -0.493 e. The fraction of sp³-hybridized carbons (Fsp3) is 0.375. The van der Waals surface area contributed by atoms with E-state index in [0.29, 0.717) is 28.2 Å². The minimum absolute atomic E-state index is 0.128. The van der Waals surface area contributed by atoms with Crippen molar-refractivity contribution in [2.24, 2.45) is 0 Å². The molecule has 0 saturated carbocycles. The van der Waals surface area contributed by atoms with E-state index in [-0.39, 0.29) is 6.10 Å². The second-order valence-electron chi connectivity index (χ2n) is 7.72. The van der Waals surface area contributed by atoms with Gasteiger partial charge in [0.05, 0.1) is 19.5 Å². The highest BCUT2D eigenvalue weighted by Crippen LogP contribution is 2.37. The molecular weight excluding hydrogens is 487 g/mol. The van der Waals surface area contributed by atoms with Gasteiger partial charge < -0.3 is 23.5 Å². The van der Waals surface area contributed by atoms with Crippen LogP contribution in [0.2, 0.25) is 10.0 Å². The van der Waals surface area contributed by atoms with Crippen molar-refractivity contribution in [3.8, 4) is 11.5 Å². The second kappa shape index (κ2) is 11.4. The van der Waals surface area contributed by atoms with Crippen LogP contribution in [0.1, 0.15) is 36.4 Å². The highest BCUT2D eigenvalue weighted by Gasteiger charge is 2.31. The lowest BCUT2D eigenvalue weighted by Crippen LogP contribution is -2.35. The molecule has 4 atom stereocenters. The molecule has 0 radical (unpaired) electrons. The maximum Gasteiger partial charge on any atom is 0.162 e. The zero-order valence-corrected chi connectivity index (χ0v) is 20.3. The molecular formula is C24H25Cl3N2O4. The molecule has 2 heterocycles. The Kier molecular flexibility index (Phi) is 8.39. The summed E-state index contributed by atoms with van der Waals surface area (Å²) >= 11 is 18.9. The van der Waals surface area contributed by atoms with Crippen LogP contribution in [0.5, 0.6) is 11.5 Å². The van der Waals surface area contributed by atoms with E-state index in [4.69, 9.17) is 53.8 Å². The number of hydrogen-bond donors (Lipinski definition) is 0. The van der Waals surface area contributed by atoms with Gasteiger partial charge in [0.1, 0.15) is 18.2 Å². The number of imidazole rings is 1. The number of hydrogen-bond acceptors (Lipinski definition) is 5. The second-order valence-corrected chi connectivity index (χ2v) is 9.04. The van der Waals surface area contributed by atoms with E-state index < -0.39 is 17.9 Å². The van der Waals surface area contributed by atoms with Crippen LogP contribution in [0.15, 0.2) is 61.2 Å². The van der Waals surface area contributed by atoms with E-state index in [0.717, 1.165) is 24.8 Å². The van der Waals surface area contributed by atoms with Crippen LogP contribution in [0.25, 0.3) is 0 Å². The van der Waals surface area contributed by atoms with E-state index in [1.54, 1.807) is 42.4 Å². The SMILES string of the molecule is COc1cc(Cl)ccc1OCC1CCCC(OC(c2ccc(Cl)cc2)C(Cl)n2ccnc2)O1. The van der Waals surface area contributed by atoms with Gasteiger partial charge in [-0.05, 0) is 49.1 Å². The number of ether oxygens (including phenoxy) is 4. The normalized spacial score (nSPS) is 20.2. The highest BCUT2D eigenvalue weighted by molar-refractivity contribution is 6.31. The van der Waals surface area contributed by atoms with Gasteiger partial charge in [-0.25, -0.2) is 4.98 Å². The van der Waals surface area contributed by atoms with E-state index in [1.165, 1.54) is 0 Å². The fourth-order valence-electron chi connectivity index (χ4n) is 3.72. The van der Waals surface area contributed by atoms with Gasteiger partial charge in [0.25, 0.3) is 0 Å². The molecule has 33 heavy (non-hydrogen) atoms. The Morgan fingerprint density at radius 3 is 2.61 bits per heavy atom. The predicted octanol–water partition coefficient (Wildman–Crippen LogP) is 6.67. The molecule has 9 heteroatoms. The third-order valence-electron chi connectivity index (χ3n) is 5.42. The van der Waals surface area contributed by atoms with Crippen molar-refractivity contribution in [1.29, 1.82) is 0 Å². The lowest BCUT2D eigenvalue weighted by Gasteiger charge is -2.34. The van der Waals surface area contributed by atoms with Crippen LogP contribution in [0.3, 0.4) is 0 Å². The number of halogens is 3. The largest absolute Gasteiger partial charge is 0.493 e. The monoisotopic (exact) mass is 510 g/mol. The molecule has 2 aromatic carbocycles. The first-order valence-electron chi connectivity index (χ1n) is 10.7. The van der Waals surface area contributed by atoms with Crippen molar-refractivity contribution >= 4 is 34.8 Å². The molecule has 1 aliphatic rings. The molecule has 4 unspecified atom stereocenters. The highest BCUT2D eigenvalue weighted by atomic mass is 35.5. The molecule has 176 valence electrons. The van der Waals surface area contributed by atoms with Gasteiger partial charge in [0.2, 0.25) is 0 Å². The molecule has 3 aromatic rings. The summed E-state index contributed by atoms with van der Waals surface area (Å²) in [6.07, 6.45) is 6.72. The fourth-order valence-corrected chi connectivity index (χ4v) is 4.33. The smallest absolute Gasteiger partial charge is 0.162 e. The van der Waals surface area contributed by atoms with Gasteiger partial charge >= 0.3 is 0 Å². The molecule has 1 saturated heterocycles. The molecule has 1 fully saturated rings. The third-order valence-corrected chi connectivity index (χ3v) is 6.36. The zero-order chi connectivity index (χ0) is 23.2. The molecule has 1 aliphatic heterocycles. The first-order valence-corrected chi connectivity index (χ1v) is 11.9. The van der Waals surface area contributed by atoms with Crippen LogP contribution in [0.4, 0.5) is 0 Å².